The molecule has 1 aliphatic rings. The standard InChI is InChI=1S/C20H33N3O3S/c1-14(2)18(6)21-19(24)13-22-7-9-23(10-8-22)27(25,26)20-16(4)11-15(3)12-17(20)5/h11-12,14,18H,7-10,13H2,1-6H3,(H,21,24)/t18-/m1/s1. The Morgan fingerprint density at radius 3 is 2.04 bits per heavy atom. The van der Waals surface area contributed by atoms with E-state index in [9.17, 15) is 13.2 Å². The molecule has 1 aromatic carbocycles. The van der Waals surface area contributed by atoms with Crippen molar-refractivity contribution < 1.29 is 13.2 Å². The van der Waals surface area contributed by atoms with Crippen LogP contribution in [0.5, 0.6) is 0 Å². The van der Waals surface area contributed by atoms with E-state index in [2.05, 4.69) is 19.2 Å². The second kappa shape index (κ2) is 8.71. The van der Waals surface area contributed by atoms with E-state index in [4.69, 9.17) is 0 Å². The highest BCUT2D eigenvalue weighted by atomic mass is 32.2. The van der Waals surface area contributed by atoms with Crippen molar-refractivity contribution >= 4 is 15.9 Å². The Kier molecular flexibility index (Phi) is 7.05. The van der Waals surface area contributed by atoms with Crippen LogP contribution in [0.15, 0.2) is 17.0 Å². The van der Waals surface area contributed by atoms with E-state index in [-0.39, 0.29) is 11.9 Å². The van der Waals surface area contributed by atoms with Crippen molar-refractivity contribution in [2.75, 3.05) is 32.7 Å². The van der Waals surface area contributed by atoms with Crippen LogP contribution in [0.1, 0.15) is 37.5 Å². The SMILES string of the molecule is Cc1cc(C)c(S(=O)(=O)N2CCN(CC(=O)N[C@H](C)C(C)C)CC2)c(C)c1. The smallest absolute Gasteiger partial charge is 0.243 e. The minimum absolute atomic E-state index is 0.00210. The molecule has 152 valence electrons. The quantitative estimate of drug-likeness (QED) is 0.801. The summed E-state index contributed by atoms with van der Waals surface area (Å²) in [6.45, 7) is 14.1. The zero-order chi connectivity index (χ0) is 20.4. The molecule has 1 N–H and O–H groups in total. The highest BCUT2D eigenvalue weighted by Gasteiger charge is 2.31. The van der Waals surface area contributed by atoms with Crippen molar-refractivity contribution in [1.82, 2.24) is 14.5 Å². The van der Waals surface area contributed by atoms with Gasteiger partial charge in [0.1, 0.15) is 0 Å². The Hall–Kier alpha value is -1.44. The van der Waals surface area contributed by atoms with Crippen LogP contribution < -0.4 is 5.32 Å². The average Bonchev–Trinajstić information content (AvgIpc) is 2.53. The molecule has 1 saturated heterocycles. The number of piperazine rings is 1. The van der Waals surface area contributed by atoms with Crippen LogP contribution in [0.3, 0.4) is 0 Å². The van der Waals surface area contributed by atoms with Gasteiger partial charge >= 0.3 is 0 Å². The second-order valence-electron chi connectivity index (χ2n) is 8.01. The fourth-order valence-corrected chi connectivity index (χ4v) is 5.33. The first-order chi connectivity index (χ1) is 12.5. The van der Waals surface area contributed by atoms with Gasteiger partial charge in [0.25, 0.3) is 0 Å². The normalized spacial score (nSPS) is 17.9. The van der Waals surface area contributed by atoms with Crippen molar-refractivity contribution in [3.8, 4) is 0 Å². The van der Waals surface area contributed by atoms with E-state index in [1.807, 2.05) is 44.7 Å². The van der Waals surface area contributed by atoms with Gasteiger partial charge in [0.2, 0.25) is 15.9 Å². The number of carbonyl (C=O) groups excluding carboxylic acids is 1. The first kappa shape index (κ1) is 21.9. The van der Waals surface area contributed by atoms with Gasteiger partial charge in [0, 0.05) is 32.2 Å². The molecule has 7 heteroatoms. The molecular formula is C20H33N3O3S. The summed E-state index contributed by atoms with van der Waals surface area (Å²) >= 11 is 0. The van der Waals surface area contributed by atoms with E-state index in [0.29, 0.717) is 43.5 Å². The van der Waals surface area contributed by atoms with Crippen LogP contribution in [0.4, 0.5) is 0 Å². The number of hydrogen-bond acceptors (Lipinski definition) is 4. The zero-order valence-corrected chi connectivity index (χ0v) is 18.2. The van der Waals surface area contributed by atoms with Crippen molar-refractivity contribution in [2.24, 2.45) is 5.92 Å². The predicted molar refractivity (Wildman–Crippen MR) is 108 cm³/mol. The van der Waals surface area contributed by atoms with Crippen molar-refractivity contribution in [3.63, 3.8) is 0 Å². The molecule has 1 amide bonds. The topological polar surface area (TPSA) is 69.7 Å². The van der Waals surface area contributed by atoms with Crippen molar-refractivity contribution in [3.05, 3.63) is 28.8 Å². The Morgan fingerprint density at radius 2 is 1.56 bits per heavy atom. The first-order valence-electron chi connectivity index (χ1n) is 9.62. The van der Waals surface area contributed by atoms with E-state index < -0.39 is 10.0 Å². The Labute approximate surface area is 164 Å². The lowest BCUT2D eigenvalue weighted by atomic mass is 10.1. The minimum Gasteiger partial charge on any atom is -0.352 e. The molecule has 1 aromatic rings. The molecule has 1 fully saturated rings. The van der Waals surface area contributed by atoms with Gasteiger partial charge in [-0.3, -0.25) is 9.69 Å². The fourth-order valence-electron chi connectivity index (χ4n) is 3.50. The Balaban J connectivity index is 2.00. The second-order valence-corrected chi connectivity index (χ2v) is 9.88. The predicted octanol–water partition coefficient (Wildman–Crippen LogP) is 2.08. The fraction of sp³-hybridized carbons (Fsp3) is 0.650. The van der Waals surface area contributed by atoms with E-state index in [0.717, 1.165) is 16.7 Å². The molecule has 0 aliphatic carbocycles. The van der Waals surface area contributed by atoms with E-state index in [1.165, 1.54) is 0 Å². The third-order valence-corrected chi connectivity index (χ3v) is 7.49. The summed E-state index contributed by atoms with van der Waals surface area (Å²) < 4.78 is 27.8. The molecule has 0 bridgehead atoms. The molecule has 1 heterocycles. The maximum Gasteiger partial charge on any atom is 0.243 e. The van der Waals surface area contributed by atoms with Crippen LogP contribution in [-0.2, 0) is 14.8 Å². The van der Waals surface area contributed by atoms with Gasteiger partial charge in [-0.1, -0.05) is 31.5 Å². The van der Waals surface area contributed by atoms with Crippen LogP contribution >= 0.6 is 0 Å². The van der Waals surface area contributed by atoms with Gasteiger partial charge in [0.15, 0.2) is 0 Å². The monoisotopic (exact) mass is 395 g/mol. The van der Waals surface area contributed by atoms with Gasteiger partial charge < -0.3 is 5.32 Å². The molecule has 1 aliphatic heterocycles. The van der Waals surface area contributed by atoms with Gasteiger partial charge in [-0.2, -0.15) is 4.31 Å². The van der Waals surface area contributed by atoms with Gasteiger partial charge in [-0.25, -0.2) is 8.42 Å². The van der Waals surface area contributed by atoms with Crippen LogP contribution in [-0.4, -0.2) is 62.3 Å². The molecule has 0 spiro atoms. The molecule has 27 heavy (non-hydrogen) atoms. The Morgan fingerprint density at radius 1 is 1.04 bits per heavy atom. The highest BCUT2D eigenvalue weighted by Crippen LogP contribution is 2.26. The zero-order valence-electron chi connectivity index (χ0n) is 17.4. The summed E-state index contributed by atoms with van der Waals surface area (Å²) in [4.78, 5) is 14.6. The summed E-state index contributed by atoms with van der Waals surface area (Å²) in [5, 5.41) is 3.00. The molecule has 0 unspecified atom stereocenters. The average molecular weight is 396 g/mol. The van der Waals surface area contributed by atoms with Crippen molar-refractivity contribution in [1.29, 1.82) is 0 Å². The summed E-state index contributed by atoms with van der Waals surface area (Å²) in [5.74, 6) is 0.384. The molecule has 0 aromatic heterocycles. The minimum atomic E-state index is -3.52. The summed E-state index contributed by atoms with van der Waals surface area (Å²) in [7, 11) is -3.52. The number of rotatable bonds is 6. The molecule has 2 rings (SSSR count). The van der Waals surface area contributed by atoms with Crippen LogP contribution in [0.25, 0.3) is 0 Å². The van der Waals surface area contributed by atoms with Gasteiger partial charge in [-0.15, -0.1) is 0 Å². The highest BCUT2D eigenvalue weighted by molar-refractivity contribution is 7.89. The molecular weight excluding hydrogens is 362 g/mol. The maximum atomic E-state index is 13.1. The first-order valence-corrected chi connectivity index (χ1v) is 11.1. The maximum absolute atomic E-state index is 13.1. The third-order valence-electron chi connectivity index (χ3n) is 5.29. The number of benzene rings is 1. The lowest BCUT2D eigenvalue weighted by molar-refractivity contribution is -0.123. The van der Waals surface area contributed by atoms with E-state index in [1.54, 1.807) is 4.31 Å². The number of nitrogens with zero attached hydrogens (tertiary/aromatic N) is 2. The molecule has 6 nitrogen and oxygen atoms in total. The Bertz CT molecular complexity index is 759. The lowest BCUT2D eigenvalue weighted by Crippen LogP contribution is -2.52. The summed E-state index contributed by atoms with van der Waals surface area (Å²) in [5.41, 5.74) is 2.64. The number of nitrogens with one attached hydrogen (secondary N) is 1. The van der Waals surface area contributed by atoms with Crippen molar-refractivity contribution in [2.45, 2.75) is 52.5 Å². The van der Waals surface area contributed by atoms with Gasteiger partial charge in [0.05, 0.1) is 11.4 Å². The number of aryl methyl sites for hydroxylation is 3. The van der Waals surface area contributed by atoms with E-state index >= 15 is 0 Å². The summed E-state index contributed by atoms with van der Waals surface area (Å²) in [6, 6.07) is 3.96. The molecule has 0 radical (unpaired) electrons. The largest absolute Gasteiger partial charge is 0.352 e. The lowest BCUT2D eigenvalue weighted by Gasteiger charge is -2.34. The van der Waals surface area contributed by atoms with Gasteiger partial charge in [-0.05, 0) is 44.7 Å². The third kappa shape index (κ3) is 5.30. The number of sulfonamides is 1. The van der Waals surface area contributed by atoms with Crippen LogP contribution in [0.2, 0.25) is 0 Å². The van der Waals surface area contributed by atoms with Crippen LogP contribution in [0, 0.1) is 26.7 Å². The summed E-state index contributed by atoms with van der Waals surface area (Å²) in [6.07, 6.45) is 0. The number of hydrogen-bond donors (Lipinski definition) is 1. The molecule has 1 atom stereocenters. The number of amides is 1. The molecule has 0 saturated carbocycles. The number of carbonyl (C=O) groups is 1.